The molecule has 0 aliphatic heterocycles. The molecule has 0 aromatic heterocycles. The van der Waals surface area contributed by atoms with Crippen molar-refractivity contribution in [3.8, 4) is 0 Å². The third-order valence-corrected chi connectivity index (χ3v) is 3.30. The smallest absolute Gasteiger partial charge is 0.0313 e. The minimum atomic E-state index is 0.156. The van der Waals surface area contributed by atoms with Gasteiger partial charge in [-0.1, -0.05) is 34.1 Å². The number of hydrogen-bond acceptors (Lipinski definition) is 2. The zero-order chi connectivity index (χ0) is 9.68. The maximum atomic E-state index is 6.04. The van der Waals surface area contributed by atoms with Gasteiger partial charge < -0.3 is 5.73 Å². The molecular weight excluding hydrogens is 246 g/mol. The second-order valence-corrected chi connectivity index (χ2v) is 4.75. The van der Waals surface area contributed by atoms with Crippen molar-refractivity contribution in [3.05, 3.63) is 34.3 Å². The van der Waals surface area contributed by atoms with Crippen LogP contribution < -0.4 is 5.73 Å². The maximum absolute atomic E-state index is 6.04. The van der Waals surface area contributed by atoms with Gasteiger partial charge in [-0.3, -0.25) is 0 Å². The van der Waals surface area contributed by atoms with Crippen LogP contribution in [0.25, 0.3) is 0 Å². The van der Waals surface area contributed by atoms with E-state index in [4.69, 9.17) is 5.73 Å². The fraction of sp³-hybridized carbons (Fsp3) is 0.400. The minimum absolute atomic E-state index is 0.156. The number of halogens is 1. The summed E-state index contributed by atoms with van der Waals surface area (Å²) in [6.07, 6.45) is 3.14. The van der Waals surface area contributed by atoms with Crippen LogP contribution in [0.15, 0.2) is 28.7 Å². The van der Waals surface area contributed by atoms with E-state index >= 15 is 0 Å². The third-order valence-electron chi connectivity index (χ3n) is 1.94. The lowest BCUT2D eigenvalue weighted by Gasteiger charge is -2.12. The van der Waals surface area contributed by atoms with Gasteiger partial charge in [0.1, 0.15) is 0 Å². The fourth-order valence-corrected chi connectivity index (χ4v) is 2.24. The molecule has 0 radical (unpaired) electrons. The van der Waals surface area contributed by atoms with Crippen molar-refractivity contribution in [2.24, 2.45) is 5.73 Å². The van der Waals surface area contributed by atoms with Gasteiger partial charge in [-0.2, -0.15) is 11.8 Å². The number of rotatable bonds is 4. The highest BCUT2D eigenvalue weighted by atomic mass is 79.9. The molecule has 0 saturated heterocycles. The quantitative estimate of drug-likeness (QED) is 0.899. The van der Waals surface area contributed by atoms with E-state index in [1.54, 1.807) is 0 Å². The lowest BCUT2D eigenvalue weighted by atomic mass is 10.1. The van der Waals surface area contributed by atoms with Crippen LogP contribution in [0.2, 0.25) is 0 Å². The molecule has 0 amide bonds. The van der Waals surface area contributed by atoms with Gasteiger partial charge in [0.15, 0.2) is 0 Å². The summed E-state index contributed by atoms with van der Waals surface area (Å²) >= 11 is 5.34. The Kier molecular flexibility index (Phi) is 4.84. The van der Waals surface area contributed by atoms with Crippen molar-refractivity contribution in [3.63, 3.8) is 0 Å². The molecule has 0 spiro atoms. The van der Waals surface area contributed by atoms with E-state index in [1.165, 1.54) is 5.56 Å². The highest BCUT2D eigenvalue weighted by molar-refractivity contribution is 9.10. The first-order chi connectivity index (χ1) is 6.25. The molecule has 1 rings (SSSR count). The first-order valence-corrected chi connectivity index (χ1v) is 6.43. The van der Waals surface area contributed by atoms with E-state index in [0.29, 0.717) is 0 Å². The molecule has 0 aliphatic carbocycles. The van der Waals surface area contributed by atoms with E-state index in [9.17, 15) is 0 Å². The van der Waals surface area contributed by atoms with E-state index < -0.39 is 0 Å². The SMILES string of the molecule is CSCCC(N)c1ccccc1Br. The van der Waals surface area contributed by atoms with Crippen LogP contribution in [0.1, 0.15) is 18.0 Å². The van der Waals surface area contributed by atoms with Crippen LogP contribution in [0.3, 0.4) is 0 Å². The first-order valence-electron chi connectivity index (χ1n) is 4.24. The Morgan fingerprint density at radius 3 is 2.77 bits per heavy atom. The fourth-order valence-electron chi connectivity index (χ4n) is 1.18. The molecule has 1 unspecified atom stereocenters. The summed E-state index contributed by atoms with van der Waals surface area (Å²) in [6, 6.07) is 8.31. The van der Waals surface area contributed by atoms with Crippen molar-refractivity contribution >= 4 is 27.7 Å². The van der Waals surface area contributed by atoms with E-state index in [-0.39, 0.29) is 6.04 Å². The summed E-state index contributed by atoms with van der Waals surface area (Å²) in [5.41, 5.74) is 7.24. The monoisotopic (exact) mass is 259 g/mol. The molecule has 0 saturated carbocycles. The summed E-state index contributed by atoms with van der Waals surface area (Å²) in [5.74, 6) is 1.11. The number of thioether (sulfide) groups is 1. The zero-order valence-corrected chi connectivity index (χ0v) is 10.1. The molecule has 0 fully saturated rings. The zero-order valence-electron chi connectivity index (χ0n) is 7.66. The van der Waals surface area contributed by atoms with Crippen LogP contribution in [0.4, 0.5) is 0 Å². The molecule has 1 atom stereocenters. The Hall–Kier alpha value is 0.01000. The predicted octanol–water partition coefficient (Wildman–Crippen LogP) is 3.20. The summed E-state index contributed by atoms with van der Waals surface area (Å²) in [7, 11) is 0. The summed E-state index contributed by atoms with van der Waals surface area (Å²) in [5, 5.41) is 0. The Bertz CT molecular complexity index is 265. The summed E-state index contributed by atoms with van der Waals surface area (Å²) in [4.78, 5) is 0. The van der Waals surface area contributed by atoms with Crippen LogP contribution in [0.5, 0.6) is 0 Å². The molecule has 1 aromatic rings. The average molecular weight is 260 g/mol. The second-order valence-electron chi connectivity index (χ2n) is 2.91. The van der Waals surface area contributed by atoms with E-state index in [1.807, 2.05) is 30.0 Å². The van der Waals surface area contributed by atoms with Crippen LogP contribution >= 0.6 is 27.7 Å². The molecule has 3 heteroatoms. The lowest BCUT2D eigenvalue weighted by Crippen LogP contribution is -2.11. The molecule has 2 N–H and O–H groups in total. The predicted molar refractivity (Wildman–Crippen MR) is 64.1 cm³/mol. The largest absolute Gasteiger partial charge is 0.324 e. The van der Waals surface area contributed by atoms with Crippen molar-refractivity contribution in [1.82, 2.24) is 0 Å². The van der Waals surface area contributed by atoms with Gasteiger partial charge in [-0.05, 0) is 30.1 Å². The van der Waals surface area contributed by atoms with Gasteiger partial charge in [-0.15, -0.1) is 0 Å². The number of benzene rings is 1. The van der Waals surface area contributed by atoms with Crippen molar-refractivity contribution in [2.45, 2.75) is 12.5 Å². The van der Waals surface area contributed by atoms with Gasteiger partial charge in [0, 0.05) is 10.5 Å². The Morgan fingerprint density at radius 2 is 2.15 bits per heavy atom. The lowest BCUT2D eigenvalue weighted by molar-refractivity contribution is 0.702. The number of nitrogens with two attached hydrogens (primary N) is 1. The standard InChI is InChI=1S/C10H14BrNS/c1-13-7-6-10(12)8-4-2-3-5-9(8)11/h2-5,10H,6-7,12H2,1H3. The molecule has 1 aromatic carbocycles. The molecule has 1 nitrogen and oxygen atoms in total. The topological polar surface area (TPSA) is 26.0 Å². The molecule has 13 heavy (non-hydrogen) atoms. The minimum Gasteiger partial charge on any atom is -0.324 e. The Morgan fingerprint density at radius 1 is 1.46 bits per heavy atom. The van der Waals surface area contributed by atoms with Crippen LogP contribution in [-0.2, 0) is 0 Å². The van der Waals surface area contributed by atoms with E-state index in [0.717, 1.165) is 16.6 Å². The molecule has 0 bridgehead atoms. The van der Waals surface area contributed by atoms with Crippen molar-refractivity contribution in [1.29, 1.82) is 0 Å². The van der Waals surface area contributed by atoms with Gasteiger partial charge in [-0.25, -0.2) is 0 Å². The molecule has 0 aliphatic rings. The van der Waals surface area contributed by atoms with Gasteiger partial charge >= 0.3 is 0 Å². The van der Waals surface area contributed by atoms with Crippen molar-refractivity contribution in [2.75, 3.05) is 12.0 Å². The summed E-state index contributed by atoms with van der Waals surface area (Å²) < 4.78 is 1.11. The van der Waals surface area contributed by atoms with Crippen LogP contribution in [0, 0.1) is 0 Å². The molecule has 0 heterocycles. The van der Waals surface area contributed by atoms with Gasteiger partial charge in [0.2, 0.25) is 0 Å². The molecule has 72 valence electrons. The summed E-state index contributed by atoms with van der Waals surface area (Å²) in [6.45, 7) is 0. The Balaban J connectivity index is 2.65. The van der Waals surface area contributed by atoms with Gasteiger partial charge in [0.25, 0.3) is 0 Å². The highest BCUT2D eigenvalue weighted by Gasteiger charge is 2.07. The highest BCUT2D eigenvalue weighted by Crippen LogP contribution is 2.24. The normalized spacial score (nSPS) is 12.8. The van der Waals surface area contributed by atoms with Crippen molar-refractivity contribution < 1.29 is 0 Å². The maximum Gasteiger partial charge on any atom is 0.0313 e. The Labute approximate surface area is 92.2 Å². The van der Waals surface area contributed by atoms with E-state index in [2.05, 4.69) is 28.3 Å². The number of hydrogen-bond donors (Lipinski definition) is 1. The van der Waals surface area contributed by atoms with Crippen LogP contribution in [-0.4, -0.2) is 12.0 Å². The average Bonchev–Trinajstić information content (AvgIpc) is 2.15. The molecular formula is C10H14BrNS. The second kappa shape index (κ2) is 5.68. The third kappa shape index (κ3) is 3.33. The van der Waals surface area contributed by atoms with Gasteiger partial charge in [0.05, 0.1) is 0 Å². The first kappa shape index (κ1) is 11.1.